The minimum Gasteiger partial charge on any atom is -0.399 e. The summed E-state index contributed by atoms with van der Waals surface area (Å²) in [6.45, 7) is 0. The Morgan fingerprint density at radius 2 is 2.00 bits per heavy atom. The van der Waals surface area contributed by atoms with Crippen LogP contribution in [0.3, 0.4) is 0 Å². The van der Waals surface area contributed by atoms with Crippen LogP contribution >= 0.6 is 11.8 Å². The van der Waals surface area contributed by atoms with E-state index in [9.17, 15) is 4.79 Å². The van der Waals surface area contributed by atoms with Crippen molar-refractivity contribution in [3.8, 4) is 0 Å². The molecule has 2 aliphatic rings. The molecule has 3 N–H and O–H groups in total. The Kier molecular flexibility index (Phi) is 4.16. The molecule has 2 aliphatic carbocycles. The van der Waals surface area contributed by atoms with Crippen LogP contribution in [0, 0.1) is 0 Å². The molecule has 1 aromatic rings. The van der Waals surface area contributed by atoms with E-state index in [0.717, 1.165) is 36.9 Å². The van der Waals surface area contributed by atoms with Crippen LogP contribution in [0.5, 0.6) is 0 Å². The number of nitrogens with one attached hydrogen (secondary N) is 1. The summed E-state index contributed by atoms with van der Waals surface area (Å²) in [4.78, 5) is 12.7. The molecule has 4 heteroatoms. The second kappa shape index (κ2) is 5.91. The van der Waals surface area contributed by atoms with E-state index < -0.39 is 0 Å². The fourth-order valence-corrected chi connectivity index (χ4v) is 4.21. The molecule has 0 spiro atoms. The molecule has 2 unspecified atom stereocenters. The normalized spacial score (nSPS) is 27.1. The van der Waals surface area contributed by atoms with Gasteiger partial charge in [0.15, 0.2) is 0 Å². The van der Waals surface area contributed by atoms with Gasteiger partial charge in [-0.3, -0.25) is 4.79 Å². The van der Waals surface area contributed by atoms with Crippen molar-refractivity contribution in [1.29, 1.82) is 0 Å². The van der Waals surface area contributed by atoms with Crippen LogP contribution in [0.15, 0.2) is 24.3 Å². The van der Waals surface area contributed by atoms with Gasteiger partial charge in [-0.05, 0) is 56.1 Å². The second-order valence-corrected chi connectivity index (χ2v) is 7.54. The van der Waals surface area contributed by atoms with Gasteiger partial charge in [0.1, 0.15) is 0 Å². The number of nitrogens with two attached hydrogens (primary N) is 1. The van der Waals surface area contributed by atoms with E-state index in [4.69, 9.17) is 5.73 Å². The molecule has 2 saturated carbocycles. The first kappa shape index (κ1) is 14.8. The van der Waals surface area contributed by atoms with Crippen LogP contribution in [0.4, 0.5) is 5.69 Å². The van der Waals surface area contributed by atoms with Gasteiger partial charge < -0.3 is 11.1 Å². The van der Waals surface area contributed by atoms with Crippen molar-refractivity contribution in [3.63, 3.8) is 0 Å². The Balaban J connectivity index is 1.66. The number of amides is 1. The zero-order valence-corrected chi connectivity index (χ0v) is 13.4. The van der Waals surface area contributed by atoms with Gasteiger partial charge in [0.25, 0.3) is 0 Å². The summed E-state index contributed by atoms with van der Waals surface area (Å²) in [6, 6.07) is 8.16. The van der Waals surface area contributed by atoms with Gasteiger partial charge in [0.05, 0.1) is 5.41 Å². The van der Waals surface area contributed by atoms with E-state index in [1.54, 1.807) is 0 Å². The lowest BCUT2D eigenvalue weighted by Crippen LogP contribution is -2.44. The number of carbonyl (C=O) groups excluding carboxylic acids is 1. The molecule has 0 heterocycles. The molecule has 0 aromatic heterocycles. The first-order valence-corrected chi connectivity index (χ1v) is 9.12. The van der Waals surface area contributed by atoms with E-state index in [1.165, 1.54) is 12.8 Å². The van der Waals surface area contributed by atoms with Crippen LogP contribution in [0.2, 0.25) is 0 Å². The summed E-state index contributed by atoms with van der Waals surface area (Å²) in [5.74, 6) is 0.221. The Labute approximate surface area is 131 Å². The number of nitrogen functional groups attached to an aromatic ring is 1. The molecular formula is C17H24N2OS. The average Bonchev–Trinajstić information content (AvgIpc) is 3.30. The maximum absolute atomic E-state index is 12.7. The van der Waals surface area contributed by atoms with Gasteiger partial charge in [0, 0.05) is 17.0 Å². The number of rotatable bonds is 4. The zero-order chi connectivity index (χ0) is 14.9. The van der Waals surface area contributed by atoms with Crippen molar-refractivity contribution in [1.82, 2.24) is 5.32 Å². The van der Waals surface area contributed by atoms with Crippen LogP contribution in [-0.4, -0.2) is 23.5 Å². The van der Waals surface area contributed by atoms with Crippen LogP contribution in [0.1, 0.15) is 44.1 Å². The van der Waals surface area contributed by atoms with E-state index in [2.05, 4.69) is 11.6 Å². The highest BCUT2D eigenvalue weighted by atomic mass is 32.2. The second-order valence-electron chi connectivity index (χ2n) is 6.40. The van der Waals surface area contributed by atoms with Crippen molar-refractivity contribution >= 4 is 23.4 Å². The Hall–Kier alpha value is -1.16. The quantitative estimate of drug-likeness (QED) is 0.841. The summed E-state index contributed by atoms with van der Waals surface area (Å²) in [6.07, 6.45) is 8.85. The number of hydrogen-bond acceptors (Lipinski definition) is 3. The minimum atomic E-state index is -0.278. The molecule has 1 amide bonds. The van der Waals surface area contributed by atoms with E-state index >= 15 is 0 Å². The topological polar surface area (TPSA) is 55.1 Å². The molecule has 0 bridgehead atoms. The molecule has 0 aliphatic heterocycles. The van der Waals surface area contributed by atoms with Gasteiger partial charge in [-0.2, -0.15) is 11.8 Å². The molecule has 1 aromatic carbocycles. The van der Waals surface area contributed by atoms with E-state index in [-0.39, 0.29) is 11.3 Å². The maximum Gasteiger partial charge on any atom is 0.230 e. The Bertz CT molecular complexity index is 510. The first-order chi connectivity index (χ1) is 10.1. The summed E-state index contributed by atoms with van der Waals surface area (Å²) in [5.41, 5.74) is 7.34. The number of benzene rings is 1. The first-order valence-electron chi connectivity index (χ1n) is 7.84. The molecule has 21 heavy (non-hydrogen) atoms. The number of anilines is 1. The van der Waals surface area contributed by atoms with Crippen LogP contribution in [-0.2, 0) is 10.2 Å². The van der Waals surface area contributed by atoms with Gasteiger partial charge >= 0.3 is 0 Å². The highest BCUT2D eigenvalue weighted by Crippen LogP contribution is 2.48. The van der Waals surface area contributed by atoms with Gasteiger partial charge in [-0.1, -0.05) is 18.6 Å². The van der Waals surface area contributed by atoms with Crippen molar-refractivity contribution in [2.75, 3.05) is 12.0 Å². The number of thioether (sulfide) groups is 1. The summed E-state index contributed by atoms with van der Waals surface area (Å²) in [5, 5.41) is 4.02. The van der Waals surface area contributed by atoms with Crippen LogP contribution in [0.25, 0.3) is 0 Å². The van der Waals surface area contributed by atoms with Crippen LogP contribution < -0.4 is 11.1 Å². The third kappa shape index (κ3) is 3.05. The van der Waals surface area contributed by atoms with Crippen molar-refractivity contribution in [2.45, 2.75) is 55.2 Å². The Morgan fingerprint density at radius 1 is 1.29 bits per heavy atom. The average molecular weight is 304 g/mol. The molecule has 0 saturated heterocycles. The lowest BCUT2D eigenvalue weighted by atomic mass is 9.91. The third-order valence-electron chi connectivity index (χ3n) is 4.94. The summed E-state index contributed by atoms with van der Waals surface area (Å²) in [7, 11) is 0. The lowest BCUT2D eigenvalue weighted by molar-refractivity contribution is -0.124. The lowest BCUT2D eigenvalue weighted by Gasteiger charge is -2.30. The summed E-state index contributed by atoms with van der Waals surface area (Å²) >= 11 is 1.93. The Morgan fingerprint density at radius 3 is 2.62 bits per heavy atom. The fraction of sp³-hybridized carbons (Fsp3) is 0.588. The monoisotopic (exact) mass is 304 g/mol. The molecule has 3 rings (SSSR count). The standard InChI is InChI=1S/C17H24N2OS/c1-21-15-4-2-3-14(11-15)19-16(20)17(9-10-17)12-5-7-13(18)8-6-12/h5-8,14-15H,2-4,9-11,18H2,1H3,(H,19,20). The van der Waals surface area contributed by atoms with Crippen molar-refractivity contribution in [2.24, 2.45) is 0 Å². The zero-order valence-electron chi connectivity index (χ0n) is 12.6. The predicted molar refractivity (Wildman–Crippen MR) is 89.5 cm³/mol. The largest absolute Gasteiger partial charge is 0.399 e. The molecule has 2 atom stereocenters. The smallest absolute Gasteiger partial charge is 0.230 e. The number of carbonyl (C=O) groups is 1. The van der Waals surface area contributed by atoms with Gasteiger partial charge in [0.2, 0.25) is 5.91 Å². The van der Waals surface area contributed by atoms with Crippen molar-refractivity contribution in [3.05, 3.63) is 29.8 Å². The predicted octanol–water partition coefficient (Wildman–Crippen LogP) is 3.09. The van der Waals surface area contributed by atoms with E-state index in [0.29, 0.717) is 11.3 Å². The molecule has 3 nitrogen and oxygen atoms in total. The third-order valence-corrected chi connectivity index (χ3v) is 6.04. The summed E-state index contributed by atoms with van der Waals surface area (Å²) < 4.78 is 0. The van der Waals surface area contributed by atoms with Gasteiger partial charge in [-0.15, -0.1) is 0 Å². The highest BCUT2D eigenvalue weighted by molar-refractivity contribution is 7.99. The highest BCUT2D eigenvalue weighted by Gasteiger charge is 2.51. The minimum absolute atomic E-state index is 0.221. The maximum atomic E-state index is 12.7. The molecular weight excluding hydrogens is 280 g/mol. The van der Waals surface area contributed by atoms with Crippen molar-refractivity contribution < 1.29 is 4.79 Å². The molecule has 2 fully saturated rings. The fourth-order valence-electron chi connectivity index (χ4n) is 3.39. The SMILES string of the molecule is CSC1CCCC(NC(=O)C2(c3ccc(N)cc3)CC2)C1. The van der Waals surface area contributed by atoms with Gasteiger partial charge in [-0.25, -0.2) is 0 Å². The number of hydrogen-bond donors (Lipinski definition) is 2. The molecule has 114 valence electrons. The van der Waals surface area contributed by atoms with E-state index in [1.807, 2.05) is 36.0 Å². The molecule has 0 radical (unpaired) electrons.